The van der Waals surface area contributed by atoms with Crippen LogP contribution in [0, 0.1) is 0 Å². The molecule has 0 aliphatic carbocycles. The van der Waals surface area contributed by atoms with E-state index in [9.17, 15) is 4.79 Å². The molecule has 6 heteroatoms. The maximum absolute atomic E-state index is 11.9. The number of carbonyl (C=O) groups is 1. The van der Waals surface area contributed by atoms with Crippen molar-refractivity contribution in [3.05, 3.63) is 138 Å². The van der Waals surface area contributed by atoms with Gasteiger partial charge in [0, 0.05) is 5.56 Å². The normalized spacial score (nSPS) is 11.2. The summed E-state index contributed by atoms with van der Waals surface area (Å²) in [5.41, 5.74) is 3.48. The van der Waals surface area contributed by atoms with Crippen molar-refractivity contribution in [3.8, 4) is 11.4 Å². The topological polar surface area (TPSA) is 69.9 Å². The first-order valence-corrected chi connectivity index (χ1v) is 10.9. The minimum absolute atomic E-state index is 0.390. The quantitative estimate of drug-likeness (QED) is 0.272. The van der Waals surface area contributed by atoms with E-state index < -0.39 is 11.5 Å². The molecule has 0 unspecified atom stereocenters. The van der Waals surface area contributed by atoms with E-state index in [1.807, 2.05) is 71.4 Å². The Labute approximate surface area is 197 Å². The average molecular weight is 447 g/mol. The SMILES string of the molecule is COC(=O)c1ccc(-c2nnnn2C(c2ccccc2)(c2ccccc2)c2ccccc2)cc1. The maximum atomic E-state index is 11.9. The minimum Gasteiger partial charge on any atom is -0.465 e. The van der Waals surface area contributed by atoms with Crippen LogP contribution in [0.4, 0.5) is 0 Å². The molecule has 5 aromatic rings. The van der Waals surface area contributed by atoms with Crippen molar-refractivity contribution in [2.24, 2.45) is 0 Å². The fraction of sp³-hybridized carbons (Fsp3) is 0.0714. The second-order valence-electron chi connectivity index (χ2n) is 7.79. The lowest BCUT2D eigenvalue weighted by atomic mass is 9.77. The number of hydrogen-bond acceptors (Lipinski definition) is 5. The van der Waals surface area contributed by atoms with Crippen LogP contribution in [0.1, 0.15) is 27.0 Å². The van der Waals surface area contributed by atoms with Crippen molar-refractivity contribution in [1.29, 1.82) is 0 Å². The van der Waals surface area contributed by atoms with Gasteiger partial charge < -0.3 is 4.74 Å². The number of ether oxygens (including phenoxy) is 1. The number of hydrogen-bond donors (Lipinski definition) is 0. The van der Waals surface area contributed by atoms with Gasteiger partial charge in [0.1, 0.15) is 5.54 Å². The van der Waals surface area contributed by atoms with E-state index in [4.69, 9.17) is 4.74 Å². The smallest absolute Gasteiger partial charge is 0.337 e. The van der Waals surface area contributed by atoms with Gasteiger partial charge in [0.15, 0.2) is 5.82 Å². The molecule has 0 aliphatic heterocycles. The number of nitrogens with zero attached hydrogens (tertiary/aromatic N) is 4. The average Bonchev–Trinajstić information content (AvgIpc) is 3.41. The molecule has 4 aromatic carbocycles. The molecule has 0 fully saturated rings. The molecule has 0 amide bonds. The summed E-state index contributed by atoms with van der Waals surface area (Å²) in [6.45, 7) is 0. The predicted octanol–water partition coefficient (Wildman–Crippen LogP) is 4.97. The number of methoxy groups -OCH3 is 1. The zero-order chi connectivity index (χ0) is 23.4. The Morgan fingerprint density at radius 2 is 1.18 bits per heavy atom. The third-order valence-corrected chi connectivity index (χ3v) is 5.93. The molecule has 34 heavy (non-hydrogen) atoms. The molecule has 0 bridgehead atoms. The van der Waals surface area contributed by atoms with Crippen molar-refractivity contribution in [3.63, 3.8) is 0 Å². The molecule has 0 aliphatic rings. The molecule has 1 heterocycles. The van der Waals surface area contributed by atoms with E-state index in [2.05, 4.69) is 51.9 Å². The van der Waals surface area contributed by atoms with Crippen LogP contribution in [0.25, 0.3) is 11.4 Å². The molecule has 0 spiro atoms. The predicted molar refractivity (Wildman–Crippen MR) is 129 cm³/mol. The number of benzene rings is 4. The Balaban J connectivity index is 1.81. The van der Waals surface area contributed by atoms with Gasteiger partial charge in [0.2, 0.25) is 0 Å². The molecule has 0 atom stereocenters. The molecule has 5 rings (SSSR count). The van der Waals surface area contributed by atoms with Crippen LogP contribution in [0.3, 0.4) is 0 Å². The van der Waals surface area contributed by atoms with Crippen LogP contribution >= 0.6 is 0 Å². The van der Waals surface area contributed by atoms with Crippen LogP contribution in [0.15, 0.2) is 115 Å². The van der Waals surface area contributed by atoms with Gasteiger partial charge in [-0.1, -0.05) is 103 Å². The molecule has 166 valence electrons. The highest BCUT2D eigenvalue weighted by molar-refractivity contribution is 5.89. The van der Waals surface area contributed by atoms with Crippen molar-refractivity contribution in [1.82, 2.24) is 20.2 Å². The molecule has 0 N–H and O–H groups in total. The largest absolute Gasteiger partial charge is 0.465 e. The zero-order valence-corrected chi connectivity index (χ0v) is 18.6. The summed E-state index contributed by atoms with van der Waals surface area (Å²) < 4.78 is 6.70. The second-order valence-corrected chi connectivity index (χ2v) is 7.79. The second kappa shape index (κ2) is 9.11. The van der Waals surface area contributed by atoms with E-state index >= 15 is 0 Å². The number of esters is 1. The summed E-state index contributed by atoms with van der Waals surface area (Å²) >= 11 is 0. The third-order valence-electron chi connectivity index (χ3n) is 5.93. The maximum Gasteiger partial charge on any atom is 0.337 e. The van der Waals surface area contributed by atoms with E-state index in [1.54, 1.807) is 12.1 Å². The number of rotatable bonds is 6. The molecule has 1 aromatic heterocycles. The van der Waals surface area contributed by atoms with E-state index in [-0.39, 0.29) is 0 Å². The van der Waals surface area contributed by atoms with Crippen LogP contribution in [-0.4, -0.2) is 33.3 Å². The Hall–Kier alpha value is -4.58. The summed E-state index contributed by atoms with van der Waals surface area (Å²) in [6.07, 6.45) is 0. The van der Waals surface area contributed by atoms with Gasteiger partial charge in [0.05, 0.1) is 12.7 Å². The molecule has 0 radical (unpaired) electrons. The van der Waals surface area contributed by atoms with Gasteiger partial charge in [-0.3, -0.25) is 0 Å². The van der Waals surface area contributed by atoms with Crippen LogP contribution in [0.2, 0.25) is 0 Å². The Bertz CT molecular complexity index is 1290. The van der Waals surface area contributed by atoms with E-state index in [0.29, 0.717) is 11.4 Å². The summed E-state index contributed by atoms with van der Waals surface area (Å²) in [4.78, 5) is 11.9. The van der Waals surface area contributed by atoms with Crippen molar-refractivity contribution in [2.45, 2.75) is 5.54 Å². The molecular weight excluding hydrogens is 424 g/mol. The van der Waals surface area contributed by atoms with E-state index in [1.165, 1.54) is 7.11 Å². The van der Waals surface area contributed by atoms with Gasteiger partial charge in [-0.25, -0.2) is 9.48 Å². The molecule has 0 saturated carbocycles. The monoisotopic (exact) mass is 446 g/mol. The Morgan fingerprint density at radius 1 is 0.706 bits per heavy atom. The van der Waals surface area contributed by atoms with Gasteiger partial charge in [-0.15, -0.1) is 5.10 Å². The fourth-order valence-corrected chi connectivity index (χ4v) is 4.37. The number of tetrazole rings is 1. The lowest BCUT2D eigenvalue weighted by molar-refractivity contribution is 0.0600. The zero-order valence-electron chi connectivity index (χ0n) is 18.6. The Kier molecular flexibility index (Phi) is 5.70. The van der Waals surface area contributed by atoms with Crippen molar-refractivity contribution in [2.75, 3.05) is 7.11 Å². The van der Waals surface area contributed by atoms with Gasteiger partial charge in [0.25, 0.3) is 0 Å². The summed E-state index contributed by atoms with van der Waals surface area (Å²) in [6, 6.07) is 37.7. The van der Waals surface area contributed by atoms with Gasteiger partial charge in [-0.2, -0.15) is 0 Å². The van der Waals surface area contributed by atoms with Crippen molar-refractivity contribution >= 4 is 5.97 Å². The highest BCUT2D eigenvalue weighted by atomic mass is 16.5. The molecule has 6 nitrogen and oxygen atoms in total. The number of carbonyl (C=O) groups excluding carboxylic acids is 1. The minimum atomic E-state index is -0.830. The Morgan fingerprint density at radius 3 is 1.62 bits per heavy atom. The van der Waals surface area contributed by atoms with Crippen LogP contribution in [-0.2, 0) is 10.3 Å². The van der Waals surface area contributed by atoms with Crippen LogP contribution in [0.5, 0.6) is 0 Å². The standard InChI is InChI=1S/C28H22N4O2/c1-34-27(33)22-19-17-21(18-20-22)26-29-30-31-32(26)28(23-11-5-2-6-12-23,24-13-7-3-8-14-24)25-15-9-4-10-16-25/h2-20H,1H3. The third kappa shape index (κ3) is 3.55. The fourth-order valence-electron chi connectivity index (χ4n) is 4.37. The summed E-state index contributed by atoms with van der Waals surface area (Å²) in [7, 11) is 1.37. The molecular formula is C28H22N4O2. The first-order valence-electron chi connectivity index (χ1n) is 10.9. The van der Waals surface area contributed by atoms with Gasteiger partial charge in [-0.05, 0) is 39.2 Å². The lowest BCUT2D eigenvalue weighted by Gasteiger charge is -2.36. The highest BCUT2D eigenvalue weighted by Crippen LogP contribution is 2.42. The number of aromatic nitrogens is 4. The first kappa shape index (κ1) is 21.3. The lowest BCUT2D eigenvalue weighted by Crippen LogP contribution is -2.39. The highest BCUT2D eigenvalue weighted by Gasteiger charge is 2.41. The molecule has 0 saturated heterocycles. The summed E-state index contributed by atoms with van der Waals surface area (Å²) in [5, 5.41) is 13.0. The first-order chi connectivity index (χ1) is 16.7. The van der Waals surface area contributed by atoms with Crippen LogP contribution < -0.4 is 0 Å². The van der Waals surface area contributed by atoms with Gasteiger partial charge >= 0.3 is 5.97 Å². The summed E-state index contributed by atoms with van der Waals surface area (Å²) in [5.74, 6) is 0.186. The van der Waals surface area contributed by atoms with E-state index in [0.717, 1.165) is 22.3 Å². The van der Waals surface area contributed by atoms with Crippen molar-refractivity contribution < 1.29 is 9.53 Å².